The van der Waals surface area contributed by atoms with Crippen LogP contribution in [0.3, 0.4) is 0 Å². The van der Waals surface area contributed by atoms with E-state index in [1.54, 1.807) is 30.3 Å². The molecule has 2 amide bonds. The van der Waals surface area contributed by atoms with E-state index in [4.69, 9.17) is 5.73 Å². The van der Waals surface area contributed by atoms with Crippen LogP contribution in [0, 0.1) is 23.7 Å². The smallest absolute Gasteiger partial charge is 0.251 e. The number of Topliss-reactive ketones (excluding diaryl/α,β-unsaturated/α-hetero) is 4. The summed E-state index contributed by atoms with van der Waals surface area (Å²) >= 11 is 0. The zero-order valence-corrected chi connectivity index (χ0v) is 22.7. The third-order valence-electron chi connectivity index (χ3n) is 8.59. The summed E-state index contributed by atoms with van der Waals surface area (Å²) in [5.41, 5.74) is 4.73. The number of hydrogen-bond acceptors (Lipinski definition) is 9. The lowest BCUT2D eigenvalue weighted by molar-refractivity contribution is -0.175. The molecule has 2 aromatic carbocycles. The van der Waals surface area contributed by atoms with Crippen LogP contribution in [0.15, 0.2) is 36.4 Å². The van der Waals surface area contributed by atoms with Crippen LogP contribution in [0.5, 0.6) is 5.75 Å². The number of ketones is 4. The monoisotopic (exact) mass is 561 g/mol. The second kappa shape index (κ2) is 10.3. The first-order chi connectivity index (χ1) is 19.4. The number of benzene rings is 2. The Labute approximate surface area is 235 Å². The molecule has 0 spiro atoms. The number of hydrogen-bond donors (Lipinski definition) is 4. The summed E-state index contributed by atoms with van der Waals surface area (Å²) in [5, 5.41) is 24.8. The van der Waals surface area contributed by atoms with Crippen LogP contribution in [0.25, 0.3) is 11.1 Å². The minimum atomic E-state index is -2.68. The predicted molar refractivity (Wildman–Crippen MR) is 145 cm³/mol. The van der Waals surface area contributed by atoms with E-state index in [1.807, 2.05) is 19.0 Å². The highest BCUT2D eigenvalue weighted by Gasteiger charge is 2.66. The molecule has 0 saturated heterocycles. The molecule has 2 fully saturated rings. The summed E-state index contributed by atoms with van der Waals surface area (Å²) in [4.78, 5) is 79.2. The van der Waals surface area contributed by atoms with Crippen molar-refractivity contribution in [3.8, 4) is 16.9 Å². The van der Waals surface area contributed by atoms with Crippen LogP contribution in [0.2, 0.25) is 0 Å². The van der Waals surface area contributed by atoms with E-state index in [0.29, 0.717) is 35.3 Å². The van der Waals surface area contributed by atoms with Crippen molar-refractivity contribution in [3.63, 3.8) is 0 Å². The molecule has 5 atom stereocenters. The SMILES string of the molecule is CN(C)CCNC(=O)c1ccc(-c2ccc(O)c3c2C[C@H]2C[C@H]4CC(=O)C(C(N)=O)C(=O)[C@@]4(O)C(=O)C2C3=O)cc1. The minimum Gasteiger partial charge on any atom is -0.507 e. The van der Waals surface area contributed by atoms with E-state index in [0.717, 1.165) is 0 Å². The third kappa shape index (κ3) is 4.54. The number of carbonyl (C=O) groups is 6. The quantitative estimate of drug-likeness (QED) is 0.360. The molecule has 0 heterocycles. The summed E-state index contributed by atoms with van der Waals surface area (Å²) < 4.78 is 0. The van der Waals surface area contributed by atoms with Gasteiger partial charge in [-0.05, 0) is 67.7 Å². The molecule has 2 unspecified atom stereocenters. The second-order valence-electron chi connectivity index (χ2n) is 11.4. The summed E-state index contributed by atoms with van der Waals surface area (Å²) in [7, 11) is 3.81. The largest absolute Gasteiger partial charge is 0.507 e. The molecule has 11 nitrogen and oxygen atoms in total. The van der Waals surface area contributed by atoms with Crippen molar-refractivity contribution in [2.45, 2.75) is 24.9 Å². The standard InChI is InChI=1S/C30H31N3O8/c1-33(2)10-9-32-29(40)15-5-3-14(4-6-15)18-7-8-20(34)23-19(18)12-16-11-17-13-21(35)24(28(31)39)27(38)30(17,41)26(37)22(16)25(23)36/h3-8,16-17,22,24,34,41H,9-13H2,1-2H3,(H2,31,39)(H,32,40)/t16-,17+,22?,24?,30+/m1/s1. The molecule has 5 N–H and O–H groups in total. The molecular weight excluding hydrogens is 530 g/mol. The topological polar surface area (TPSA) is 184 Å². The predicted octanol–water partition coefficient (Wildman–Crippen LogP) is 0.285. The highest BCUT2D eigenvalue weighted by Crippen LogP contribution is 2.51. The first-order valence-corrected chi connectivity index (χ1v) is 13.4. The second-order valence-corrected chi connectivity index (χ2v) is 11.4. The fourth-order valence-corrected chi connectivity index (χ4v) is 6.53. The summed E-state index contributed by atoms with van der Waals surface area (Å²) in [5.74, 6) is -10.7. The maximum atomic E-state index is 13.7. The zero-order chi connectivity index (χ0) is 29.8. The van der Waals surface area contributed by atoms with Crippen molar-refractivity contribution in [1.29, 1.82) is 0 Å². The molecule has 2 saturated carbocycles. The Morgan fingerprint density at radius 3 is 2.34 bits per heavy atom. The van der Waals surface area contributed by atoms with Crippen molar-refractivity contribution in [2.24, 2.45) is 29.4 Å². The molecule has 3 aliphatic carbocycles. The van der Waals surface area contributed by atoms with E-state index < -0.39 is 64.7 Å². The van der Waals surface area contributed by atoms with Crippen LogP contribution in [0.1, 0.15) is 39.1 Å². The van der Waals surface area contributed by atoms with Gasteiger partial charge in [0.05, 0.1) is 11.5 Å². The Morgan fingerprint density at radius 2 is 1.71 bits per heavy atom. The van der Waals surface area contributed by atoms with Gasteiger partial charge in [-0.15, -0.1) is 0 Å². The van der Waals surface area contributed by atoms with Gasteiger partial charge in [-0.1, -0.05) is 18.2 Å². The number of phenols is 1. The van der Waals surface area contributed by atoms with E-state index in [2.05, 4.69) is 5.32 Å². The molecule has 0 radical (unpaired) electrons. The number of amides is 2. The summed E-state index contributed by atoms with van der Waals surface area (Å²) in [6, 6.07) is 9.78. The van der Waals surface area contributed by atoms with E-state index in [-0.39, 0.29) is 30.1 Å². The Bertz CT molecular complexity index is 1500. The van der Waals surface area contributed by atoms with Crippen LogP contribution >= 0.6 is 0 Å². The first kappa shape index (κ1) is 28.3. The Morgan fingerprint density at radius 1 is 1.02 bits per heavy atom. The van der Waals surface area contributed by atoms with Gasteiger partial charge in [0.1, 0.15) is 5.75 Å². The lowest BCUT2D eigenvalue weighted by Crippen LogP contribution is -2.68. The van der Waals surface area contributed by atoms with Gasteiger partial charge >= 0.3 is 0 Å². The van der Waals surface area contributed by atoms with Gasteiger partial charge in [0.15, 0.2) is 34.7 Å². The van der Waals surface area contributed by atoms with Gasteiger partial charge in [0.2, 0.25) is 5.91 Å². The Balaban J connectivity index is 1.47. The van der Waals surface area contributed by atoms with Crippen LogP contribution in [0.4, 0.5) is 0 Å². The molecule has 5 rings (SSSR count). The average Bonchev–Trinajstić information content (AvgIpc) is 2.90. The molecule has 41 heavy (non-hydrogen) atoms. The molecular formula is C30H31N3O8. The van der Waals surface area contributed by atoms with Crippen LogP contribution < -0.4 is 11.1 Å². The molecule has 0 bridgehead atoms. The van der Waals surface area contributed by atoms with Gasteiger partial charge in [-0.3, -0.25) is 28.8 Å². The molecule has 11 heteroatoms. The number of nitrogens with zero attached hydrogens (tertiary/aromatic N) is 1. The number of likely N-dealkylation sites (N-methyl/N-ethyl adjacent to an activating group) is 1. The van der Waals surface area contributed by atoms with Crippen molar-refractivity contribution < 1.29 is 39.0 Å². The maximum Gasteiger partial charge on any atom is 0.251 e. The fourth-order valence-electron chi connectivity index (χ4n) is 6.53. The van der Waals surface area contributed by atoms with E-state index >= 15 is 0 Å². The number of aliphatic hydroxyl groups is 1. The first-order valence-electron chi connectivity index (χ1n) is 13.4. The van der Waals surface area contributed by atoms with Crippen LogP contribution in [-0.2, 0) is 25.6 Å². The number of phenolic OH excluding ortho intramolecular Hbond substituents is 1. The minimum absolute atomic E-state index is 0.0161. The van der Waals surface area contributed by atoms with E-state index in [9.17, 15) is 39.0 Å². The molecule has 0 aromatic heterocycles. The lowest BCUT2D eigenvalue weighted by atomic mass is 9.53. The fraction of sp³-hybridized carbons (Fsp3) is 0.400. The van der Waals surface area contributed by atoms with Crippen molar-refractivity contribution in [3.05, 3.63) is 53.1 Å². The molecule has 2 aromatic rings. The molecule has 214 valence electrons. The zero-order valence-electron chi connectivity index (χ0n) is 22.7. The normalized spacial score (nSPS) is 27.2. The lowest BCUT2D eigenvalue weighted by Gasteiger charge is -2.48. The van der Waals surface area contributed by atoms with Crippen molar-refractivity contribution in [2.75, 3.05) is 27.2 Å². The number of nitrogens with one attached hydrogen (secondary N) is 1. The molecule has 3 aliphatic rings. The van der Waals surface area contributed by atoms with Gasteiger partial charge in [-0.2, -0.15) is 0 Å². The highest BCUT2D eigenvalue weighted by atomic mass is 16.3. The van der Waals surface area contributed by atoms with Gasteiger partial charge < -0.3 is 26.2 Å². The Kier molecular flexibility index (Phi) is 7.12. The van der Waals surface area contributed by atoms with E-state index in [1.165, 1.54) is 6.07 Å². The van der Waals surface area contributed by atoms with Gasteiger partial charge in [0, 0.05) is 31.0 Å². The number of rotatable bonds is 6. The highest BCUT2D eigenvalue weighted by molar-refractivity contribution is 6.31. The number of nitrogens with two attached hydrogens (primary N) is 1. The van der Waals surface area contributed by atoms with Crippen molar-refractivity contribution in [1.82, 2.24) is 10.2 Å². The number of primary amides is 1. The number of aromatic hydroxyl groups is 1. The van der Waals surface area contributed by atoms with Gasteiger partial charge in [0.25, 0.3) is 5.91 Å². The number of fused-ring (bicyclic) bond motifs is 3. The summed E-state index contributed by atoms with van der Waals surface area (Å²) in [6.45, 7) is 1.17. The molecule has 0 aliphatic heterocycles. The Hall–Kier alpha value is -4.22. The third-order valence-corrected chi connectivity index (χ3v) is 8.59. The average molecular weight is 562 g/mol. The van der Waals surface area contributed by atoms with Crippen molar-refractivity contribution >= 4 is 34.9 Å². The van der Waals surface area contributed by atoms with Gasteiger partial charge in [-0.25, -0.2) is 0 Å². The maximum absolute atomic E-state index is 13.7. The summed E-state index contributed by atoms with van der Waals surface area (Å²) in [6.07, 6.45) is -0.207. The van der Waals surface area contributed by atoms with Crippen LogP contribution in [-0.4, -0.2) is 82.8 Å². The number of carbonyl (C=O) groups excluding carboxylic acids is 6.